The summed E-state index contributed by atoms with van der Waals surface area (Å²) in [7, 11) is 1.67. The van der Waals surface area contributed by atoms with Crippen LogP contribution in [0.5, 0.6) is 5.75 Å². The van der Waals surface area contributed by atoms with Crippen LogP contribution in [0, 0.1) is 0 Å². The smallest absolute Gasteiger partial charge is 0.118 e. The lowest BCUT2D eigenvalue weighted by Gasteiger charge is -2.16. The maximum atomic E-state index is 6.19. The Kier molecular flexibility index (Phi) is 6.05. The Labute approximate surface area is 131 Å². The highest BCUT2D eigenvalue weighted by atomic mass is 35.5. The third-order valence-electron chi connectivity index (χ3n) is 3.60. The molecule has 2 aromatic rings. The standard InChI is InChI=1S/C17H21ClN2O/c1-21-16-10-7-13(8-11-16)6-9-15(20-19)12-14-4-2-3-5-17(14)18/h2-5,7-8,10-11,15,20H,6,9,12,19H2,1H3. The minimum Gasteiger partial charge on any atom is -0.497 e. The minimum absolute atomic E-state index is 0.201. The van der Waals surface area contributed by atoms with Gasteiger partial charge in [-0.3, -0.25) is 11.3 Å². The van der Waals surface area contributed by atoms with Crippen molar-refractivity contribution in [2.75, 3.05) is 7.11 Å². The molecule has 0 amide bonds. The van der Waals surface area contributed by atoms with E-state index in [-0.39, 0.29) is 6.04 Å². The number of methoxy groups -OCH3 is 1. The molecule has 2 rings (SSSR count). The molecular weight excluding hydrogens is 284 g/mol. The van der Waals surface area contributed by atoms with E-state index in [1.165, 1.54) is 5.56 Å². The number of hydrazine groups is 1. The van der Waals surface area contributed by atoms with E-state index in [1.807, 2.05) is 36.4 Å². The Balaban J connectivity index is 1.91. The van der Waals surface area contributed by atoms with Crippen LogP contribution in [-0.2, 0) is 12.8 Å². The Morgan fingerprint density at radius 3 is 2.48 bits per heavy atom. The number of hydrogen-bond acceptors (Lipinski definition) is 3. The molecule has 4 heteroatoms. The summed E-state index contributed by atoms with van der Waals surface area (Å²) >= 11 is 6.19. The first-order valence-electron chi connectivity index (χ1n) is 7.05. The van der Waals surface area contributed by atoms with Crippen LogP contribution >= 0.6 is 11.6 Å². The SMILES string of the molecule is COc1ccc(CCC(Cc2ccccc2Cl)NN)cc1. The third kappa shape index (κ3) is 4.74. The van der Waals surface area contributed by atoms with Crippen LogP contribution < -0.4 is 16.0 Å². The van der Waals surface area contributed by atoms with E-state index >= 15 is 0 Å². The Bertz CT molecular complexity index is 557. The number of nitrogens with two attached hydrogens (primary N) is 1. The van der Waals surface area contributed by atoms with Crippen molar-refractivity contribution in [3.63, 3.8) is 0 Å². The third-order valence-corrected chi connectivity index (χ3v) is 3.97. The van der Waals surface area contributed by atoms with E-state index in [1.54, 1.807) is 7.11 Å². The zero-order valence-electron chi connectivity index (χ0n) is 12.2. The molecule has 21 heavy (non-hydrogen) atoms. The predicted octanol–water partition coefficient (Wildman–Crippen LogP) is 3.36. The van der Waals surface area contributed by atoms with Crippen LogP contribution in [0.2, 0.25) is 5.02 Å². The van der Waals surface area contributed by atoms with Gasteiger partial charge in [-0.1, -0.05) is 41.9 Å². The molecule has 0 aliphatic heterocycles. The summed E-state index contributed by atoms with van der Waals surface area (Å²) in [6.07, 6.45) is 2.74. The molecule has 0 radical (unpaired) electrons. The van der Waals surface area contributed by atoms with Gasteiger partial charge in [-0.25, -0.2) is 0 Å². The van der Waals surface area contributed by atoms with E-state index in [4.69, 9.17) is 22.2 Å². The fourth-order valence-corrected chi connectivity index (χ4v) is 2.52. The topological polar surface area (TPSA) is 47.3 Å². The zero-order valence-corrected chi connectivity index (χ0v) is 12.9. The summed E-state index contributed by atoms with van der Waals surface area (Å²) in [5.74, 6) is 6.55. The van der Waals surface area contributed by atoms with Gasteiger partial charge in [-0.2, -0.15) is 0 Å². The Morgan fingerprint density at radius 1 is 1.14 bits per heavy atom. The fourth-order valence-electron chi connectivity index (χ4n) is 2.31. The van der Waals surface area contributed by atoms with E-state index in [0.717, 1.165) is 35.6 Å². The summed E-state index contributed by atoms with van der Waals surface area (Å²) in [5.41, 5.74) is 5.28. The zero-order chi connectivity index (χ0) is 15.1. The van der Waals surface area contributed by atoms with Crippen LogP contribution in [0.4, 0.5) is 0 Å². The van der Waals surface area contributed by atoms with Gasteiger partial charge >= 0.3 is 0 Å². The van der Waals surface area contributed by atoms with Gasteiger partial charge in [0.2, 0.25) is 0 Å². The molecule has 0 fully saturated rings. The highest BCUT2D eigenvalue weighted by molar-refractivity contribution is 6.31. The molecule has 0 aliphatic carbocycles. The van der Waals surface area contributed by atoms with E-state index in [2.05, 4.69) is 17.6 Å². The van der Waals surface area contributed by atoms with Gasteiger partial charge in [-0.15, -0.1) is 0 Å². The van der Waals surface area contributed by atoms with Crippen LogP contribution in [0.1, 0.15) is 17.5 Å². The normalized spacial score (nSPS) is 12.1. The van der Waals surface area contributed by atoms with Crippen LogP contribution in [-0.4, -0.2) is 13.2 Å². The van der Waals surface area contributed by atoms with Crippen LogP contribution in [0.3, 0.4) is 0 Å². The predicted molar refractivity (Wildman–Crippen MR) is 87.6 cm³/mol. The molecule has 0 aromatic heterocycles. The van der Waals surface area contributed by atoms with Crippen molar-refractivity contribution in [1.82, 2.24) is 5.43 Å². The van der Waals surface area contributed by atoms with Crippen molar-refractivity contribution in [2.45, 2.75) is 25.3 Å². The maximum Gasteiger partial charge on any atom is 0.118 e. The number of aryl methyl sites for hydroxylation is 1. The monoisotopic (exact) mass is 304 g/mol. The number of nitrogens with one attached hydrogen (secondary N) is 1. The molecule has 0 bridgehead atoms. The first-order valence-corrected chi connectivity index (χ1v) is 7.43. The molecule has 112 valence electrons. The Morgan fingerprint density at radius 2 is 1.86 bits per heavy atom. The second kappa shape index (κ2) is 8.03. The van der Waals surface area contributed by atoms with Gasteiger partial charge in [0.25, 0.3) is 0 Å². The summed E-state index contributed by atoms with van der Waals surface area (Å²) in [5, 5.41) is 0.794. The number of benzene rings is 2. The van der Waals surface area contributed by atoms with Gasteiger partial charge in [-0.05, 0) is 48.6 Å². The first-order chi connectivity index (χ1) is 10.2. The van der Waals surface area contributed by atoms with Crippen molar-refractivity contribution in [2.24, 2.45) is 5.84 Å². The van der Waals surface area contributed by atoms with Gasteiger partial charge in [0.05, 0.1) is 7.11 Å². The second-order valence-electron chi connectivity index (χ2n) is 5.05. The maximum absolute atomic E-state index is 6.19. The summed E-state index contributed by atoms with van der Waals surface area (Å²) < 4.78 is 5.16. The molecule has 0 aliphatic rings. The molecule has 0 saturated carbocycles. The highest BCUT2D eigenvalue weighted by Gasteiger charge is 2.10. The quantitative estimate of drug-likeness (QED) is 0.609. The summed E-state index contributed by atoms with van der Waals surface area (Å²) in [6.45, 7) is 0. The van der Waals surface area contributed by atoms with Crippen molar-refractivity contribution in [3.05, 3.63) is 64.7 Å². The molecule has 0 saturated heterocycles. The summed E-state index contributed by atoms with van der Waals surface area (Å²) in [6, 6.07) is 16.2. The molecule has 1 atom stereocenters. The van der Waals surface area contributed by atoms with E-state index < -0.39 is 0 Å². The van der Waals surface area contributed by atoms with Gasteiger partial charge < -0.3 is 4.74 Å². The van der Waals surface area contributed by atoms with Crippen LogP contribution in [0.15, 0.2) is 48.5 Å². The van der Waals surface area contributed by atoms with Crippen molar-refractivity contribution >= 4 is 11.6 Å². The largest absolute Gasteiger partial charge is 0.497 e. The fraction of sp³-hybridized carbons (Fsp3) is 0.294. The van der Waals surface area contributed by atoms with Crippen molar-refractivity contribution in [3.8, 4) is 5.75 Å². The number of ether oxygens (including phenoxy) is 1. The van der Waals surface area contributed by atoms with Crippen molar-refractivity contribution in [1.29, 1.82) is 0 Å². The molecule has 3 nitrogen and oxygen atoms in total. The molecule has 1 unspecified atom stereocenters. The van der Waals surface area contributed by atoms with Crippen LogP contribution in [0.25, 0.3) is 0 Å². The molecule has 3 N–H and O–H groups in total. The molecule has 0 heterocycles. The molecule has 0 spiro atoms. The lowest BCUT2D eigenvalue weighted by atomic mass is 9.99. The van der Waals surface area contributed by atoms with Gasteiger partial charge in [0.15, 0.2) is 0 Å². The van der Waals surface area contributed by atoms with Crippen molar-refractivity contribution < 1.29 is 4.74 Å². The second-order valence-corrected chi connectivity index (χ2v) is 5.45. The number of halogens is 1. The lowest BCUT2D eigenvalue weighted by Crippen LogP contribution is -2.37. The lowest BCUT2D eigenvalue weighted by molar-refractivity contribution is 0.414. The summed E-state index contributed by atoms with van der Waals surface area (Å²) in [4.78, 5) is 0. The molecular formula is C17H21ClN2O. The average molecular weight is 305 g/mol. The minimum atomic E-state index is 0.201. The number of hydrogen-bond donors (Lipinski definition) is 2. The van der Waals surface area contributed by atoms with E-state index in [0.29, 0.717) is 0 Å². The highest BCUT2D eigenvalue weighted by Crippen LogP contribution is 2.19. The first kappa shape index (κ1) is 15.8. The molecule has 2 aromatic carbocycles. The van der Waals surface area contributed by atoms with E-state index in [9.17, 15) is 0 Å². The van der Waals surface area contributed by atoms with Gasteiger partial charge in [0, 0.05) is 11.1 Å². The Hall–Kier alpha value is -1.55. The number of rotatable bonds is 7. The average Bonchev–Trinajstić information content (AvgIpc) is 2.53. The van der Waals surface area contributed by atoms with Gasteiger partial charge in [0.1, 0.15) is 5.75 Å².